The van der Waals surface area contributed by atoms with Crippen LogP contribution in [0.25, 0.3) is 0 Å². The Labute approximate surface area is 191 Å². The van der Waals surface area contributed by atoms with Crippen molar-refractivity contribution in [3.63, 3.8) is 0 Å². The Morgan fingerprint density at radius 3 is 2.55 bits per heavy atom. The van der Waals surface area contributed by atoms with Crippen molar-refractivity contribution in [3.05, 3.63) is 45.5 Å². The lowest BCUT2D eigenvalue weighted by atomic mass is 9.57. The van der Waals surface area contributed by atoms with Gasteiger partial charge in [-0.2, -0.15) is 0 Å². The van der Waals surface area contributed by atoms with E-state index in [0.717, 1.165) is 18.4 Å². The third kappa shape index (κ3) is 4.93. The molecule has 31 heavy (non-hydrogen) atoms. The van der Waals surface area contributed by atoms with Gasteiger partial charge in [0.15, 0.2) is 0 Å². The molecular formula is C25H36ClNO4. The van der Waals surface area contributed by atoms with Gasteiger partial charge in [0.2, 0.25) is 0 Å². The summed E-state index contributed by atoms with van der Waals surface area (Å²) in [4.78, 5) is 0. The average Bonchev–Trinajstić information content (AvgIpc) is 2.73. The van der Waals surface area contributed by atoms with Crippen molar-refractivity contribution in [2.45, 2.75) is 66.4 Å². The molecule has 172 valence electrons. The largest absolute Gasteiger partial charge is 0.507 e. The van der Waals surface area contributed by atoms with E-state index < -0.39 is 5.60 Å². The molecule has 0 unspecified atom stereocenters. The number of halogens is 1. The lowest BCUT2D eigenvalue weighted by molar-refractivity contribution is -0.0915. The Kier molecular flexibility index (Phi) is 7.88. The summed E-state index contributed by atoms with van der Waals surface area (Å²) in [7, 11) is 1.51. The number of hydrogen-bond acceptors (Lipinski definition) is 5. The Morgan fingerprint density at radius 2 is 1.97 bits per heavy atom. The number of methoxy groups -OCH3 is 1. The zero-order valence-electron chi connectivity index (χ0n) is 19.7. The standard InChI is InChI=1S/C25H36ClNO4/c1-15(10-12-24(5)16(2)11-13-25(6,29)18(24)4)8-9-19-22(28)20(14-27-30)17(3)21(26)23(19)31-7/h8,10,12,14,16,18,28-30H,9,11,13H2,1-7H3/b12-10+,15-8+,27-14+/t16-,18-,24+,25-/m1/s1. The van der Waals surface area contributed by atoms with Gasteiger partial charge in [0, 0.05) is 11.1 Å². The SMILES string of the molecule is COc1c(Cl)c(C)c(/C=N/O)c(O)c1C/C=C(C)/C=C/[C@@]1(C)[C@H](C)CC[C@@](C)(O)[C@@H]1C. The number of hydrogen-bond donors (Lipinski definition) is 3. The molecule has 2 rings (SSSR count). The first-order chi connectivity index (χ1) is 14.4. The first-order valence-electron chi connectivity index (χ1n) is 10.7. The van der Waals surface area contributed by atoms with Crippen LogP contribution in [-0.2, 0) is 6.42 Å². The van der Waals surface area contributed by atoms with E-state index in [1.165, 1.54) is 13.3 Å². The van der Waals surface area contributed by atoms with Crippen LogP contribution in [0.1, 0.15) is 64.2 Å². The maximum atomic E-state index is 10.8. The van der Waals surface area contributed by atoms with Gasteiger partial charge < -0.3 is 20.2 Å². The first-order valence-corrected chi connectivity index (χ1v) is 11.1. The maximum Gasteiger partial charge on any atom is 0.144 e. The topological polar surface area (TPSA) is 82.3 Å². The fourth-order valence-electron chi connectivity index (χ4n) is 4.57. The van der Waals surface area contributed by atoms with Gasteiger partial charge in [0.1, 0.15) is 11.5 Å². The predicted octanol–water partition coefficient (Wildman–Crippen LogP) is 6.04. The van der Waals surface area contributed by atoms with E-state index in [9.17, 15) is 10.2 Å². The second kappa shape index (κ2) is 9.66. The van der Waals surface area contributed by atoms with Crippen molar-refractivity contribution in [1.29, 1.82) is 0 Å². The van der Waals surface area contributed by atoms with E-state index in [4.69, 9.17) is 21.5 Å². The molecule has 0 amide bonds. The Hall–Kier alpha value is -1.98. The molecule has 0 heterocycles. The molecule has 0 aliphatic heterocycles. The molecule has 4 atom stereocenters. The highest BCUT2D eigenvalue weighted by Crippen LogP contribution is 2.50. The summed E-state index contributed by atoms with van der Waals surface area (Å²) in [6, 6.07) is 0. The van der Waals surface area contributed by atoms with E-state index in [2.05, 4.69) is 38.1 Å². The third-order valence-corrected chi connectivity index (χ3v) is 7.94. The number of rotatable bonds is 6. The van der Waals surface area contributed by atoms with Gasteiger partial charge in [-0.25, -0.2) is 0 Å². The number of ether oxygens (including phenoxy) is 1. The molecular weight excluding hydrogens is 414 g/mol. The number of benzene rings is 1. The fraction of sp³-hybridized carbons (Fsp3) is 0.560. The summed E-state index contributed by atoms with van der Waals surface area (Å²) in [6.07, 6.45) is 9.68. The molecule has 1 aliphatic carbocycles. The van der Waals surface area contributed by atoms with Gasteiger partial charge >= 0.3 is 0 Å². The minimum Gasteiger partial charge on any atom is -0.507 e. The van der Waals surface area contributed by atoms with Crippen molar-refractivity contribution in [3.8, 4) is 11.5 Å². The molecule has 1 saturated carbocycles. The fourth-order valence-corrected chi connectivity index (χ4v) is 4.86. The molecule has 0 radical (unpaired) electrons. The average molecular weight is 450 g/mol. The normalized spacial score (nSPS) is 29.8. The summed E-state index contributed by atoms with van der Waals surface area (Å²) in [5, 5.41) is 33.9. The predicted molar refractivity (Wildman–Crippen MR) is 127 cm³/mol. The number of aromatic hydroxyl groups is 1. The molecule has 1 aliphatic rings. The second-order valence-electron chi connectivity index (χ2n) is 9.33. The van der Waals surface area contributed by atoms with Crippen LogP contribution in [0.2, 0.25) is 5.02 Å². The van der Waals surface area contributed by atoms with Crippen molar-refractivity contribution < 1.29 is 20.2 Å². The van der Waals surface area contributed by atoms with Crippen LogP contribution < -0.4 is 4.74 Å². The summed E-state index contributed by atoms with van der Waals surface area (Å²) in [6.45, 7) is 12.3. The molecule has 3 N–H and O–H groups in total. The lowest BCUT2D eigenvalue weighted by Gasteiger charge is -2.50. The minimum atomic E-state index is -0.675. The Bertz CT molecular complexity index is 904. The van der Waals surface area contributed by atoms with Crippen molar-refractivity contribution in [2.24, 2.45) is 22.4 Å². The molecule has 0 spiro atoms. The number of aliphatic hydroxyl groups is 1. The van der Waals surface area contributed by atoms with Crippen LogP contribution in [0.15, 0.2) is 29.0 Å². The van der Waals surface area contributed by atoms with Gasteiger partial charge in [0.05, 0.1) is 23.9 Å². The van der Waals surface area contributed by atoms with Crippen LogP contribution in [0, 0.1) is 24.2 Å². The van der Waals surface area contributed by atoms with Crippen LogP contribution >= 0.6 is 11.6 Å². The van der Waals surface area contributed by atoms with E-state index in [1.54, 1.807) is 6.92 Å². The minimum absolute atomic E-state index is 0.0119. The molecule has 6 heteroatoms. The zero-order chi connectivity index (χ0) is 23.6. The highest BCUT2D eigenvalue weighted by molar-refractivity contribution is 6.33. The number of phenolic OH excluding ortho intramolecular Hbond substituents is 1. The van der Waals surface area contributed by atoms with Crippen molar-refractivity contribution in [2.75, 3.05) is 7.11 Å². The molecule has 1 aromatic carbocycles. The van der Waals surface area contributed by atoms with Gasteiger partial charge in [-0.1, -0.05) is 61.3 Å². The number of oxime groups is 1. The molecule has 0 bridgehead atoms. The molecule has 0 saturated heterocycles. The van der Waals surface area contributed by atoms with Gasteiger partial charge in [-0.3, -0.25) is 0 Å². The highest BCUT2D eigenvalue weighted by atomic mass is 35.5. The van der Waals surface area contributed by atoms with Crippen molar-refractivity contribution >= 4 is 17.8 Å². The monoisotopic (exact) mass is 449 g/mol. The molecule has 5 nitrogen and oxygen atoms in total. The second-order valence-corrected chi connectivity index (χ2v) is 9.71. The third-order valence-electron chi connectivity index (χ3n) is 7.48. The lowest BCUT2D eigenvalue weighted by Crippen LogP contribution is -2.49. The van der Waals surface area contributed by atoms with Crippen LogP contribution in [-0.4, -0.2) is 34.3 Å². The van der Waals surface area contributed by atoms with E-state index in [0.29, 0.717) is 39.8 Å². The molecule has 1 aromatic rings. The van der Waals surface area contributed by atoms with Gasteiger partial charge in [0.25, 0.3) is 0 Å². The maximum absolute atomic E-state index is 10.8. The molecule has 1 fully saturated rings. The zero-order valence-corrected chi connectivity index (χ0v) is 20.4. The number of nitrogens with zero attached hydrogens (tertiary/aromatic N) is 1. The van der Waals surface area contributed by atoms with E-state index in [1.807, 2.05) is 19.9 Å². The Balaban J connectivity index is 2.36. The Morgan fingerprint density at radius 1 is 1.32 bits per heavy atom. The summed E-state index contributed by atoms with van der Waals surface area (Å²) >= 11 is 6.43. The summed E-state index contributed by atoms with van der Waals surface area (Å²) in [5.74, 6) is 1.000. The van der Waals surface area contributed by atoms with E-state index in [-0.39, 0.29) is 17.1 Å². The number of phenols is 1. The quantitative estimate of drug-likeness (QED) is 0.214. The number of allylic oxidation sites excluding steroid dienone is 4. The summed E-state index contributed by atoms with van der Waals surface area (Å²) in [5.41, 5.74) is 1.72. The van der Waals surface area contributed by atoms with Gasteiger partial charge in [-0.05, 0) is 62.8 Å². The highest BCUT2D eigenvalue weighted by Gasteiger charge is 2.47. The van der Waals surface area contributed by atoms with Crippen LogP contribution in [0.5, 0.6) is 11.5 Å². The van der Waals surface area contributed by atoms with Gasteiger partial charge in [-0.15, -0.1) is 0 Å². The van der Waals surface area contributed by atoms with E-state index >= 15 is 0 Å². The molecule has 0 aromatic heterocycles. The summed E-state index contributed by atoms with van der Waals surface area (Å²) < 4.78 is 5.45. The first kappa shape index (κ1) is 25.3. The smallest absolute Gasteiger partial charge is 0.144 e. The van der Waals surface area contributed by atoms with Crippen LogP contribution in [0.3, 0.4) is 0 Å². The van der Waals surface area contributed by atoms with Crippen LogP contribution in [0.4, 0.5) is 0 Å². The van der Waals surface area contributed by atoms with Crippen molar-refractivity contribution in [1.82, 2.24) is 0 Å².